The summed E-state index contributed by atoms with van der Waals surface area (Å²) < 4.78 is 62.6. The first-order valence-corrected chi connectivity index (χ1v) is 3.97. The van der Waals surface area contributed by atoms with Gasteiger partial charge in [0.05, 0.1) is 0 Å². The molecule has 1 unspecified atom stereocenters. The SMILES string of the molecule is CC(N)(c1cc(F)cc(F)c1)C(F)(F)F. The van der Waals surface area contributed by atoms with E-state index in [1.807, 2.05) is 0 Å². The van der Waals surface area contributed by atoms with Gasteiger partial charge in [0.25, 0.3) is 0 Å². The van der Waals surface area contributed by atoms with Crippen molar-refractivity contribution in [1.82, 2.24) is 0 Å². The number of rotatable bonds is 1. The monoisotopic (exact) mass is 225 g/mol. The molecule has 6 heteroatoms. The van der Waals surface area contributed by atoms with E-state index in [1.165, 1.54) is 0 Å². The third-order valence-corrected chi connectivity index (χ3v) is 2.05. The van der Waals surface area contributed by atoms with Crippen molar-refractivity contribution in [1.29, 1.82) is 0 Å². The van der Waals surface area contributed by atoms with Crippen molar-refractivity contribution in [3.05, 3.63) is 35.4 Å². The molecule has 0 heterocycles. The second kappa shape index (κ2) is 3.44. The summed E-state index contributed by atoms with van der Waals surface area (Å²) in [5, 5.41) is 0. The fourth-order valence-corrected chi connectivity index (χ4v) is 1.02. The number of halogens is 5. The lowest BCUT2D eigenvalue weighted by atomic mass is 9.92. The van der Waals surface area contributed by atoms with Crippen molar-refractivity contribution in [2.75, 3.05) is 0 Å². The highest BCUT2D eigenvalue weighted by Crippen LogP contribution is 2.36. The van der Waals surface area contributed by atoms with Gasteiger partial charge in [0, 0.05) is 6.07 Å². The van der Waals surface area contributed by atoms with Crippen LogP contribution in [0.2, 0.25) is 0 Å². The first-order chi connectivity index (χ1) is 6.64. The van der Waals surface area contributed by atoms with Crippen LogP contribution in [0.25, 0.3) is 0 Å². The summed E-state index contributed by atoms with van der Waals surface area (Å²) in [5.74, 6) is -2.18. The Labute approximate surface area is 82.7 Å². The smallest absolute Gasteiger partial charge is 0.314 e. The molecule has 1 aromatic rings. The fourth-order valence-electron chi connectivity index (χ4n) is 1.02. The minimum atomic E-state index is -4.77. The predicted molar refractivity (Wildman–Crippen MR) is 44.0 cm³/mol. The highest BCUT2D eigenvalue weighted by molar-refractivity contribution is 5.26. The van der Waals surface area contributed by atoms with Gasteiger partial charge in [-0.15, -0.1) is 0 Å². The molecule has 15 heavy (non-hydrogen) atoms. The van der Waals surface area contributed by atoms with Gasteiger partial charge in [-0.3, -0.25) is 0 Å². The minimum absolute atomic E-state index is 0.482. The highest BCUT2D eigenvalue weighted by atomic mass is 19.4. The molecule has 1 rings (SSSR count). The Hall–Kier alpha value is -1.17. The molecule has 0 saturated carbocycles. The molecule has 2 N–H and O–H groups in total. The van der Waals surface area contributed by atoms with Crippen LogP contribution in [0.5, 0.6) is 0 Å². The Morgan fingerprint density at radius 3 is 1.73 bits per heavy atom. The van der Waals surface area contributed by atoms with Crippen molar-refractivity contribution in [3.8, 4) is 0 Å². The largest absolute Gasteiger partial charge is 0.410 e. The van der Waals surface area contributed by atoms with Gasteiger partial charge < -0.3 is 5.73 Å². The van der Waals surface area contributed by atoms with E-state index >= 15 is 0 Å². The Morgan fingerprint density at radius 2 is 1.40 bits per heavy atom. The third kappa shape index (κ3) is 2.26. The summed E-state index contributed by atoms with van der Waals surface area (Å²) in [6.45, 7) is 0.654. The molecule has 0 aliphatic heterocycles. The van der Waals surface area contributed by atoms with Crippen LogP contribution >= 0.6 is 0 Å². The van der Waals surface area contributed by atoms with Crippen molar-refractivity contribution < 1.29 is 22.0 Å². The molecule has 1 nitrogen and oxygen atoms in total. The van der Waals surface area contributed by atoms with E-state index in [4.69, 9.17) is 5.73 Å². The molecule has 0 spiro atoms. The number of hydrogen-bond acceptors (Lipinski definition) is 1. The zero-order valence-electron chi connectivity index (χ0n) is 7.70. The first-order valence-electron chi connectivity index (χ1n) is 3.97. The Kier molecular flexibility index (Phi) is 2.73. The lowest BCUT2D eigenvalue weighted by Crippen LogP contribution is -2.47. The summed E-state index contributed by atoms with van der Waals surface area (Å²) in [6, 6.07) is 1.61. The van der Waals surface area contributed by atoms with Gasteiger partial charge in [0.1, 0.15) is 17.2 Å². The molecule has 0 amide bonds. The lowest BCUT2D eigenvalue weighted by Gasteiger charge is -2.28. The first kappa shape index (κ1) is 11.9. The van der Waals surface area contributed by atoms with Crippen LogP contribution in [-0.2, 0) is 5.54 Å². The van der Waals surface area contributed by atoms with Crippen molar-refractivity contribution in [2.45, 2.75) is 18.6 Å². The molecular formula is C9H8F5N. The third-order valence-electron chi connectivity index (χ3n) is 2.05. The van der Waals surface area contributed by atoms with Crippen LogP contribution in [0.1, 0.15) is 12.5 Å². The summed E-state index contributed by atoms with van der Waals surface area (Å²) in [4.78, 5) is 0. The van der Waals surface area contributed by atoms with E-state index < -0.39 is 28.9 Å². The maximum absolute atomic E-state index is 12.7. The van der Waals surface area contributed by atoms with Crippen LogP contribution in [0.4, 0.5) is 22.0 Å². The van der Waals surface area contributed by atoms with E-state index in [-0.39, 0.29) is 0 Å². The van der Waals surface area contributed by atoms with Crippen molar-refractivity contribution >= 4 is 0 Å². The van der Waals surface area contributed by atoms with Gasteiger partial charge >= 0.3 is 6.18 Å². The summed E-state index contributed by atoms with van der Waals surface area (Å²) in [6.07, 6.45) is -4.77. The van der Waals surface area contributed by atoms with E-state index in [0.29, 0.717) is 25.1 Å². The van der Waals surface area contributed by atoms with Gasteiger partial charge in [-0.05, 0) is 24.6 Å². The maximum Gasteiger partial charge on any atom is 0.410 e. The zero-order chi connectivity index (χ0) is 11.9. The van der Waals surface area contributed by atoms with Crippen molar-refractivity contribution in [2.24, 2.45) is 5.73 Å². The Morgan fingerprint density at radius 1 is 1.00 bits per heavy atom. The molecule has 0 aliphatic rings. The van der Waals surface area contributed by atoms with Crippen LogP contribution in [0.3, 0.4) is 0 Å². The molecular weight excluding hydrogens is 217 g/mol. The Bertz CT molecular complexity index is 349. The van der Waals surface area contributed by atoms with Crippen molar-refractivity contribution in [3.63, 3.8) is 0 Å². The Balaban J connectivity index is 3.27. The molecule has 1 aromatic carbocycles. The molecule has 0 fully saturated rings. The fraction of sp³-hybridized carbons (Fsp3) is 0.333. The van der Waals surface area contributed by atoms with Crippen LogP contribution < -0.4 is 5.73 Å². The molecule has 0 bridgehead atoms. The molecule has 0 saturated heterocycles. The standard InChI is InChI=1S/C9H8F5N/c1-8(15,9(12,13)14)5-2-6(10)4-7(11)3-5/h2-4H,15H2,1H3. The predicted octanol–water partition coefficient (Wildman–Crippen LogP) is 2.70. The number of benzene rings is 1. The second-order valence-electron chi connectivity index (χ2n) is 3.36. The lowest BCUT2D eigenvalue weighted by molar-refractivity contribution is -0.184. The number of alkyl halides is 3. The molecule has 0 radical (unpaired) electrons. The normalized spacial score (nSPS) is 16.2. The average molecular weight is 225 g/mol. The van der Waals surface area contributed by atoms with Gasteiger partial charge in [-0.1, -0.05) is 0 Å². The summed E-state index contributed by atoms with van der Waals surface area (Å²) >= 11 is 0. The van der Waals surface area contributed by atoms with Gasteiger partial charge in [0.2, 0.25) is 0 Å². The topological polar surface area (TPSA) is 26.0 Å². The molecule has 0 aliphatic carbocycles. The zero-order valence-corrected chi connectivity index (χ0v) is 7.70. The van der Waals surface area contributed by atoms with Crippen LogP contribution in [-0.4, -0.2) is 6.18 Å². The number of nitrogens with two attached hydrogens (primary N) is 1. The average Bonchev–Trinajstić information content (AvgIpc) is 1.99. The number of hydrogen-bond donors (Lipinski definition) is 1. The summed E-state index contributed by atoms with van der Waals surface area (Å²) in [7, 11) is 0. The van der Waals surface area contributed by atoms with E-state index in [1.54, 1.807) is 0 Å². The van der Waals surface area contributed by atoms with E-state index in [2.05, 4.69) is 0 Å². The summed E-state index contributed by atoms with van der Waals surface area (Å²) in [5.41, 5.74) is 1.58. The molecule has 1 atom stereocenters. The quantitative estimate of drug-likeness (QED) is 0.730. The second-order valence-corrected chi connectivity index (χ2v) is 3.36. The van der Waals surface area contributed by atoms with Gasteiger partial charge in [-0.2, -0.15) is 13.2 Å². The molecule has 84 valence electrons. The van der Waals surface area contributed by atoms with E-state index in [9.17, 15) is 22.0 Å². The molecule has 0 aromatic heterocycles. The van der Waals surface area contributed by atoms with Gasteiger partial charge in [0.15, 0.2) is 0 Å². The van der Waals surface area contributed by atoms with Crippen LogP contribution in [0.15, 0.2) is 18.2 Å². The van der Waals surface area contributed by atoms with Crippen LogP contribution in [0, 0.1) is 11.6 Å². The highest BCUT2D eigenvalue weighted by Gasteiger charge is 2.49. The van der Waals surface area contributed by atoms with Gasteiger partial charge in [-0.25, -0.2) is 8.78 Å². The van der Waals surface area contributed by atoms with E-state index in [0.717, 1.165) is 0 Å². The minimum Gasteiger partial charge on any atom is -0.314 e. The maximum atomic E-state index is 12.7.